The lowest BCUT2D eigenvalue weighted by Crippen LogP contribution is -2.11. The monoisotopic (exact) mass is 477 g/mol. The van der Waals surface area contributed by atoms with Crippen LogP contribution < -0.4 is 14.8 Å². The second-order valence-corrected chi connectivity index (χ2v) is 8.32. The van der Waals surface area contributed by atoms with Gasteiger partial charge in [-0.2, -0.15) is 0 Å². The van der Waals surface area contributed by atoms with Gasteiger partial charge in [0.1, 0.15) is 22.0 Å². The molecule has 2 aromatic carbocycles. The van der Waals surface area contributed by atoms with Crippen molar-refractivity contribution in [1.29, 1.82) is 0 Å². The third-order valence-corrected chi connectivity index (χ3v) is 6.24. The molecular formula is C26H23NO6S. The van der Waals surface area contributed by atoms with E-state index in [1.165, 1.54) is 24.5 Å². The summed E-state index contributed by atoms with van der Waals surface area (Å²) in [5.41, 5.74) is 4.34. The number of ether oxygens (including phenoxy) is 3. The highest BCUT2D eigenvalue weighted by Crippen LogP contribution is 2.38. The van der Waals surface area contributed by atoms with Crippen LogP contribution in [0.25, 0.3) is 27.7 Å². The van der Waals surface area contributed by atoms with Crippen LogP contribution in [0.2, 0.25) is 0 Å². The Morgan fingerprint density at radius 3 is 2.62 bits per heavy atom. The van der Waals surface area contributed by atoms with E-state index in [-0.39, 0.29) is 5.91 Å². The molecule has 0 spiro atoms. The first-order valence-electron chi connectivity index (χ1n) is 10.3. The second-order valence-electron chi connectivity index (χ2n) is 7.40. The minimum absolute atomic E-state index is 0.335. The van der Waals surface area contributed by atoms with Crippen LogP contribution in [0.4, 0.5) is 5.69 Å². The summed E-state index contributed by atoms with van der Waals surface area (Å²) in [5.74, 6) is 0.450. The van der Waals surface area contributed by atoms with Gasteiger partial charge < -0.3 is 23.9 Å². The van der Waals surface area contributed by atoms with E-state index in [0.29, 0.717) is 27.5 Å². The molecule has 0 aliphatic rings. The number of amides is 1. The number of anilines is 1. The van der Waals surface area contributed by atoms with Crippen LogP contribution in [0.3, 0.4) is 0 Å². The van der Waals surface area contributed by atoms with Gasteiger partial charge in [-0.1, -0.05) is 12.1 Å². The smallest absolute Gasteiger partial charge is 0.350 e. The quantitative estimate of drug-likeness (QED) is 0.259. The third-order valence-electron chi connectivity index (χ3n) is 5.34. The molecule has 0 saturated heterocycles. The van der Waals surface area contributed by atoms with Crippen LogP contribution in [0, 0.1) is 0 Å². The van der Waals surface area contributed by atoms with Crippen molar-refractivity contribution < 1.29 is 28.2 Å². The molecule has 0 saturated carbocycles. The van der Waals surface area contributed by atoms with Gasteiger partial charge in [0, 0.05) is 28.7 Å². The predicted molar refractivity (Wildman–Crippen MR) is 133 cm³/mol. The Kier molecular flexibility index (Phi) is 6.70. The molecule has 7 nitrogen and oxygen atoms in total. The molecule has 2 heterocycles. The van der Waals surface area contributed by atoms with Crippen LogP contribution in [-0.2, 0) is 9.53 Å². The highest BCUT2D eigenvalue weighted by atomic mass is 32.1. The van der Waals surface area contributed by atoms with E-state index < -0.39 is 5.97 Å². The van der Waals surface area contributed by atoms with Gasteiger partial charge in [-0.3, -0.25) is 4.79 Å². The highest BCUT2D eigenvalue weighted by Gasteiger charge is 2.17. The summed E-state index contributed by atoms with van der Waals surface area (Å²) in [4.78, 5) is 24.9. The summed E-state index contributed by atoms with van der Waals surface area (Å²) >= 11 is 1.20. The molecule has 34 heavy (non-hydrogen) atoms. The predicted octanol–water partition coefficient (Wildman–Crippen LogP) is 6.01. The van der Waals surface area contributed by atoms with Gasteiger partial charge in [0.2, 0.25) is 5.91 Å². The van der Waals surface area contributed by atoms with Crippen LogP contribution in [0.1, 0.15) is 22.2 Å². The van der Waals surface area contributed by atoms with E-state index in [2.05, 4.69) is 5.32 Å². The molecule has 0 unspecified atom stereocenters. The number of methoxy groups -OCH3 is 3. The Labute approximate surface area is 200 Å². The first kappa shape index (κ1) is 23.1. The number of thiophene rings is 1. The van der Waals surface area contributed by atoms with E-state index in [9.17, 15) is 9.59 Å². The average molecular weight is 478 g/mol. The lowest BCUT2D eigenvalue weighted by atomic mass is 9.99. The van der Waals surface area contributed by atoms with Crippen molar-refractivity contribution >= 4 is 45.4 Å². The molecule has 0 fully saturated rings. The van der Waals surface area contributed by atoms with E-state index in [1.807, 2.05) is 37.3 Å². The third kappa shape index (κ3) is 4.53. The number of allylic oxidation sites excluding steroid dienone is 1. The van der Waals surface area contributed by atoms with Gasteiger partial charge >= 0.3 is 5.97 Å². The number of furan rings is 1. The van der Waals surface area contributed by atoms with Crippen LogP contribution in [-0.4, -0.2) is 33.2 Å². The summed E-state index contributed by atoms with van der Waals surface area (Å²) in [6.07, 6.45) is 3.16. The fourth-order valence-electron chi connectivity index (χ4n) is 3.65. The average Bonchev–Trinajstić information content (AvgIpc) is 3.49. The van der Waals surface area contributed by atoms with Crippen molar-refractivity contribution in [3.63, 3.8) is 0 Å². The molecular weight excluding hydrogens is 454 g/mol. The Bertz CT molecular complexity index is 1400. The van der Waals surface area contributed by atoms with Crippen LogP contribution >= 0.6 is 11.3 Å². The molecule has 0 aliphatic carbocycles. The van der Waals surface area contributed by atoms with Crippen molar-refractivity contribution in [2.45, 2.75) is 6.92 Å². The van der Waals surface area contributed by atoms with E-state index in [1.54, 1.807) is 38.0 Å². The van der Waals surface area contributed by atoms with Gasteiger partial charge in [-0.05, 0) is 47.7 Å². The molecule has 0 atom stereocenters. The molecule has 2 aromatic heterocycles. The zero-order valence-corrected chi connectivity index (χ0v) is 19.9. The number of benzene rings is 2. The first-order valence-corrected chi connectivity index (χ1v) is 11.2. The summed E-state index contributed by atoms with van der Waals surface area (Å²) in [7, 11) is 4.49. The van der Waals surface area contributed by atoms with E-state index in [0.717, 1.165) is 27.8 Å². The maximum Gasteiger partial charge on any atom is 0.350 e. The van der Waals surface area contributed by atoms with Crippen molar-refractivity contribution in [2.24, 2.45) is 0 Å². The van der Waals surface area contributed by atoms with E-state index in [4.69, 9.17) is 18.6 Å². The number of nitrogens with one attached hydrogen (secondary N) is 1. The zero-order valence-electron chi connectivity index (χ0n) is 19.1. The topological polar surface area (TPSA) is 87.0 Å². The number of carbonyl (C=O) groups excluding carboxylic acids is 2. The molecule has 1 N–H and O–H groups in total. The Balaban J connectivity index is 1.70. The van der Waals surface area contributed by atoms with Crippen LogP contribution in [0.15, 0.2) is 64.6 Å². The van der Waals surface area contributed by atoms with E-state index >= 15 is 0 Å². The summed E-state index contributed by atoms with van der Waals surface area (Å²) in [6, 6.07) is 13.1. The fourth-order valence-corrected chi connectivity index (χ4v) is 4.41. The van der Waals surface area contributed by atoms with Gasteiger partial charge in [0.15, 0.2) is 0 Å². The number of hydrogen-bond donors (Lipinski definition) is 1. The number of fused-ring (bicyclic) bond motifs is 1. The minimum atomic E-state index is -0.497. The largest absolute Gasteiger partial charge is 0.497 e. The van der Waals surface area contributed by atoms with Crippen molar-refractivity contribution in [1.82, 2.24) is 0 Å². The minimum Gasteiger partial charge on any atom is -0.497 e. The normalized spacial score (nSPS) is 11.4. The van der Waals surface area contributed by atoms with Crippen LogP contribution in [0.5, 0.6) is 11.5 Å². The maximum absolute atomic E-state index is 12.7. The molecule has 174 valence electrons. The summed E-state index contributed by atoms with van der Waals surface area (Å²) < 4.78 is 21.5. The Hall–Kier alpha value is -4.04. The fraction of sp³-hybridized carbons (Fsp3) is 0.154. The molecule has 1 amide bonds. The van der Waals surface area contributed by atoms with Crippen molar-refractivity contribution in [2.75, 3.05) is 26.6 Å². The standard InChI is InChI=1S/C26H23NO6S/c1-15(10-24(28)27-21-8-9-34-25(21)26(29)32-4)18-12-19-20(14-33-23(19)13-22(18)31-3)16-6-5-7-17(11-16)30-2/h5-14H,1-4H3,(H,27,28)/b15-10+. The maximum atomic E-state index is 12.7. The molecule has 0 aliphatic heterocycles. The van der Waals surface area contributed by atoms with Gasteiger partial charge in [0.05, 0.1) is 33.3 Å². The zero-order chi connectivity index (χ0) is 24.2. The SMILES string of the molecule is COC(=O)c1sccc1NC(=O)/C=C(\C)c1cc2c(-c3cccc(OC)c3)coc2cc1OC. The molecule has 0 radical (unpaired) electrons. The Morgan fingerprint density at radius 1 is 1.06 bits per heavy atom. The Morgan fingerprint density at radius 2 is 1.88 bits per heavy atom. The number of rotatable bonds is 7. The summed E-state index contributed by atoms with van der Waals surface area (Å²) in [5, 5.41) is 5.34. The first-order chi connectivity index (χ1) is 16.4. The lowest BCUT2D eigenvalue weighted by molar-refractivity contribution is -0.111. The van der Waals surface area contributed by atoms with Gasteiger partial charge in [-0.15, -0.1) is 11.3 Å². The molecule has 4 aromatic rings. The molecule has 4 rings (SSSR count). The van der Waals surface area contributed by atoms with Gasteiger partial charge in [0.25, 0.3) is 0 Å². The highest BCUT2D eigenvalue weighted by molar-refractivity contribution is 7.12. The lowest BCUT2D eigenvalue weighted by Gasteiger charge is -2.10. The second kappa shape index (κ2) is 9.84. The number of esters is 1. The molecule has 8 heteroatoms. The van der Waals surface area contributed by atoms with Crippen molar-refractivity contribution in [3.05, 3.63) is 70.6 Å². The molecule has 0 bridgehead atoms. The van der Waals surface area contributed by atoms with Gasteiger partial charge in [-0.25, -0.2) is 4.79 Å². The number of hydrogen-bond acceptors (Lipinski definition) is 7. The van der Waals surface area contributed by atoms with Crippen molar-refractivity contribution in [3.8, 4) is 22.6 Å². The summed E-state index contributed by atoms with van der Waals surface area (Å²) in [6.45, 7) is 1.82. The number of carbonyl (C=O) groups is 2.